The molecule has 102 valence electrons. The number of nitrogens with two attached hydrogens (primary N) is 1. The first-order valence-corrected chi connectivity index (χ1v) is 6.67. The minimum Gasteiger partial charge on any atom is -0.355 e. The summed E-state index contributed by atoms with van der Waals surface area (Å²) in [6, 6.07) is 1.01. The van der Waals surface area contributed by atoms with Crippen molar-refractivity contribution in [2.24, 2.45) is 11.7 Å². The highest BCUT2D eigenvalue weighted by molar-refractivity contribution is 5.78. The number of nitrogens with zero attached hydrogens (tertiary/aromatic N) is 1. The molecule has 1 atom stereocenters. The summed E-state index contributed by atoms with van der Waals surface area (Å²) in [4.78, 5) is 14.1. The van der Waals surface area contributed by atoms with Gasteiger partial charge >= 0.3 is 0 Å². The van der Waals surface area contributed by atoms with Crippen LogP contribution in [0.4, 0.5) is 0 Å². The molecule has 0 heterocycles. The standard InChI is InChI=1S/C13H29N3O/c1-6-12(9-14)13(17)15-7-8-16(10(2)3)11(4)5/h10-12H,6-9,14H2,1-5H3,(H,15,17). The van der Waals surface area contributed by atoms with Gasteiger partial charge in [0.05, 0.1) is 0 Å². The van der Waals surface area contributed by atoms with Gasteiger partial charge in [-0.2, -0.15) is 0 Å². The number of nitrogens with one attached hydrogen (secondary N) is 1. The zero-order chi connectivity index (χ0) is 13.4. The molecule has 0 aromatic rings. The number of carbonyl (C=O) groups excluding carboxylic acids is 1. The van der Waals surface area contributed by atoms with Crippen LogP contribution in [0.15, 0.2) is 0 Å². The Morgan fingerprint density at radius 2 is 1.76 bits per heavy atom. The largest absolute Gasteiger partial charge is 0.355 e. The van der Waals surface area contributed by atoms with E-state index in [2.05, 4.69) is 37.9 Å². The third kappa shape index (κ3) is 6.03. The van der Waals surface area contributed by atoms with Crippen LogP contribution in [0.5, 0.6) is 0 Å². The van der Waals surface area contributed by atoms with Gasteiger partial charge in [0.15, 0.2) is 0 Å². The van der Waals surface area contributed by atoms with Gasteiger partial charge in [0.1, 0.15) is 0 Å². The summed E-state index contributed by atoms with van der Waals surface area (Å²) >= 11 is 0. The monoisotopic (exact) mass is 243 g/mol. The van der Waals surface area contributed by atoms with Gasteiger partial charge < -0.3 is 11.1 Å². The van der Waals surface area contributed by atoms with Crippen LogP contribution in [0, 0.1) is 5.92 Å². The molecule has 3 N–H and O–H groups in total. The summed E-state index contributed by atoms with van der Waals surface area (Å²) in [5, 5.41) is 2.96. The molecule has 1 unspecified atom stereocenters. The molecule has 17 heavy (non-hydrogen) atoms. The molecule has 0 spiro atoms. The Kier molecular flexibility index (Phi) is 8.17. The Morgan fingerprint density at radius 1 is 1.24 bits per heavy atom. The van der Waals surface area contributed by atoms with Crippen molar-refractivity contribution in [1.82, 2.24) is 10.2 Å². The second kappa shape index (κ2) is 8.48. The van der Waals surface area contributed by atoms with E-state index in [4.69, 9.17) is 5.73 Å². The minimum atomic E-state index is -0.0402. The smallest absolute Gasteiger partial charge is 0.224 e. The normalized spacial score (nSPS) is 13.5. The molecule has 0 aliphatic heterocycles. The van der Waals surface area contributed by atoms with E-state index in [9.17, 15) is 4.79 Å². The van der Waals surface area contributed by atoms with Crippen LogP contribution in [0.3, 0.4) is 0 Å². The zero-order valence-corrected chi connectivity index (χ0v) is 12.0. The highest BCUT2D eigenvalue weighted by Gasteiger charge is 2.16. The Balaban J connectivity index is 4.00. The van der Waals surface area contributed by atoms with Gasteiger partial charge in [-0.3, -0.25) is 9.69 Å². The van der Waals surface area contributed by atoms with Crippen LogP contribution in [-0.4, -0.2) is 42.5 Å². The van der Waals surface area contributed by atoms with Gasteiger partial charge in [-0.25, -0.2) is 0 Å². The lowest BCUT2D eigenvalue weighted by Gasteiger charge is -2.30. The predicted octanol–water partition coefficient (Wildman–Crippen LogP) is 1.21. The number of rotatable bonds is 8. The first kappa shape index (κ1) is 16.4. The first-order valence-electron chi connectivity index (χ1n) is 6.67. The average molecular weight is 243 g/mol. The van der Waals surface area contributed by atoms with Crippen molar-refractivity contribution in [3.05, 3.63) is 0 Å². The fraction of sp³-hybridized carbons (Fsp3) is 0.923. The highest BCUT2D eigenvalue weighted by atomic mass is 16.1. The summed E-state index contributed by atoms with van der Waals surface area (Å²) in [5.41, 5.74) is 5.54. The maximum Gasteiger partial charge on any atom is 0.224 e. The number of hydrogen-bond acceptors (Lipinski definition) is 3. The van der Waals surface area contributed by atoms with E-state index in [1.807, 2.05) is 6.92 Å². The van der Waals surface area contributed by atoms with Crippen LogP contribution in [0.2, 0.25) is 0 Å². The molecule has 0 aromatic carbocycles. The van der Waals surface area contributed by atoms with Crippen molar-refractivity contribution in [1.29, 1.82) is 0 Å². The SMILES string of the molecule is CCC(CN)C(=O)NCCN(C(C)C)C(C)C. The van der Waals surface area contributed by atoms with Crippen LogP contribution < -0.4 is 11.1 Å². The molecule has 0 saturated carbocycles. The molecule has 0 aliphatic carbocycles. The van der Waals surface area contributed by atoms with Gasteiger partial charge in [0.2, 0.25) is 5.91 Å². The van der Waals surface area contributed by atoms with Crippen molar-refractivity contribution in [2.75, 3.05) is 19.6 Å². The van der Waals surface area contributed by atoms with Gasteiger partial charge in [0.25, 0.3) is 0 Å². The van der Waals surface area contributed by atoms with Crippen molar-refractivity contribution in [3.8, 4) is 0 Å². The molecule has 4 nitrogen and oxygen atoms in total. The van der Waals surface area contributed by atoms with E-state index in [1.54, 1.807) is 0 Å². The molecular weight excluding hydrogens is 214 g/mol. The second-order valence-electron chi connectivity index (χ2n) is 5.06. The molecule has 0 fully saturated rings. The average Bonchev–Trinajstić information content (AvgIpc) is 2.24. The number of hydrogen-bond donors (Lipinski definition) is 2. The lowest BCUT2D eigenvalue weighted by molar-refractivity contribution is -0.124. The number of amides is 1. The van der Waals surface area contributed by atoms with E-state index in [0.29, 0.717) is 25.2 Å². The molecule has 0 rings (SSSR count). The lowest BCUT2D eigenvalue weighted by atomic mass is 10.1. The van der Waals surface area contributed by atoms with Crippen molar-refractivity contribution < 1.29 is 4.79 Å². The Bertz CT molecular complexity index is 205. The van der Waals surface area contributed by atoms with Gasteiger partial charge in [-0.05, 0) is 34.1 Å². The summed E-state index contributed by atoms with van der Waals surface area (Å²) in [7, 11) is 0. The third-order valence-electron chi connectivity index (χ3n) is 3.14. The van der Waals surface area contributed by atoms with Gasteiger partial charge in [-0.15, -0.1) is 0 Å². The molecule has 0 bridgehead atoms. The minimum absolute atomic E-state index is 0.0402. The topological polar surface area (TPSA) is 58.4 Å². The van der Waals surface area contributed by atoms with E-state index in [1.165, 1.54) is 0 Å². The molecule has 0 saturated heterocycles. The van der Waals surface area contributed by atoms with Crippen molar-refractivity contribution in [3.63, 3.8) is 0 Å². The Labute approximate surface area is 106 Å². The summed E-state index contributed by atoms with van der Waals surface area (Å²) in [6.07, 6.45) is 0.806. The molecule has 0 aromatic heterocycles. The van der Waals surface area contributed by atoms with Crippen molar-refractivity contribution in [2.45, 2.75) is 53.1 Å². The molecule has 4 heteroatoms. The van der Waals surface area contributed by atoms with Crippen LogP contribution in [-0.2, 0) is 4.79 Å². The highest BCUT2D eigenvalue weighted by Crippen LogP contribution is 2.04. The van der Waals surface area contributed by atoms with Crippen molar-refractivity contribution >= 4 is 5.91 Å². The van der Waals surface area contributed by atoms with Crippen LogP contribution in [0.1, 0.15) is 41.0 Å². The number of carbonyl (C=O) groups is 1. The fourth-order valence-electron chi connectivity index (χ4n) is 2.02. The first-order chi connectivity index (χ1) is 7.93. The van der Waals surface area contributed by atoms with E-state index in [0.717, 1.165) is 13.0 Å². The Morgan fingerprint density at radius 3 is 2.12 bits per heavy atom. The maximum absolute atomic E-state index is 11.7. The summed E-state index contributed by atoms with van der Waals surface area (Å²) < 4.78 is 0. The van der Waals surface area contributed by atoms with E-state index >= 15 is 0 Å². The van der Waals surface area contributed by atoms with E-state index < -0.39 is 0 Å². The fourth-order valence-corrected chi connectivity index (χ4v) is 2.02. The quantitative estimate of drug-likeness (QED) is 0.673. The van der Waals surface area contributed by atoms with Crippen LogP contribution >= 0.6 is 0 Å². The van der Waals surface area contributed by atoms with Crippen LogP contribution in [0.25, 0.3) is 0 Å². The zero-order valence-electron chi connectivity index (χ0n) is 12.0. The summed E-state index contributed by atoms with van der Waals surface area (Å²) in [6.45, 7) is 12.7. The van der Waals surface area contributed by atoms with Gasteiger partial charge in [0, 0.05) is 37.6 Å². The molecule has 1 amide bonds. The summed E-state index contributed by atoms with van der Waals surface area (Å²) in [5.74, 6) is 0.0454. The van der Waals surface area contributed by atoms with Gasteiger partial charge in [-0.1, -0.05) is 6.92 Å². The molecule has 0 aliphatic rings. The lowest BCUT2D eigenvalue weighted by Crippen LogP contribution is -2.44. The maximum atomic E-state index is 11.7. The van der Waals surface area contributed by atoms with E-state index in [-0.39, 0.29) is 11.8 Å². The second-order valence-corrected chi connectivity index (χ2v) is 5.06. The predicted molar refractivity (Wildman–Crippen MR) is 72.8 cm³/mol. The third-order valence-corrected chi connectivity index (χ3v) is 3.14. The molecular formula is C13H29N3O. The Hall–Kier alpha value is -0.610. The molecule has 0 radical (unpaired) electrons.